The Morgan fingerprint density at radius 3 is 2.42 bits per heavy atom. The third kappa shape index (κ3) is 12.6. The van der Waals surface area contributed by atoms with Crippen molar-refractivity contribution in [3.05, 3.63) is 77.8 Å². The monoisotopic (exact) mass is 1120 g/mol. The number of nitrogens with one attached hydrogen (secondary N) is 2. The molecule has 4 saturated heterocycles. The second-order valence-electron chi connectivity index (χ2n) is 23.8. The molecule has 5 aliphatic heterocycles. The van der Waals surface area contributed by atoms with Gasteiger partial charge in [0, 0.05) is 118 Å². The Morgan fingerprint density at radius 2 is 1.74 bits per heavy atom. The summed E-state index contributed by atoms with van der Waals surface area (Å²) in [5.74, 6) is -2.41. The third-order valence-electron chi connectivity index (χ3n) is 17.0. The van der Waals surface area contributed by atoms with Gasteiger partial charge < -0.3 is 48.6 Å². The van der Waals surface area contributed by atoms with Gasteiger partial charge in [-0.15, -0.1) is 0 Å². The number of nitrogens with zero attached hydrogens (tertiary/aromatic N) is 9. The summed E-state index contributed by atoms with van der Waals surface area (Å²) >= 11 is 0. The summed E-state index contributed by atoms with van der Waals surface area (Å²) in [6, 6.07) is 6.92. The lowest BCUT2D eigenvalue weighted by Crippen LogP contribution is -2.63. The number of methoxy groups -OCH3 is 1. The van der Waals surface area contributed by atoms with E-state index in [4.69, 9.17) is 24.2 Å². The number of halogens is 2. The fourth-order valence-electron chi connectivity index (χ4n) is 12.4. The molecule has 19 nitrogen and oxygen atoms in total. The van der Waals surface area contributed by atoms with Crippen molar-refractivity contribution >= 4 is 46.3 Å². The van der Waals surface area contributed by atoms with Crippen LogP contribution in [0.2, 0.25) is 0 Å². The van der Waals surface area contributed by atoms with Crippen molar-refractivity contribution in [3.8, 4) is 22.5 Å². The van der Waals surface area contributed by atoms with Crippen LogP contribution in [0, 0.1) is 11.3 Å². The normalized spacial score (nSPS) is 21.7. The van der Waals surface area contributed by atoms with Crippen molar-refractivity contribution in [3.63, 3.8) is 0 Å². The summed E-state index contributed by atoms with van der Waals surface area (Å²) < 4.78 is 51.1. The van der Waals surface area contributed by atoms with Crippen molar-refractivity contribution in [2.24, 2.45) is 11.3 Å². The average molecular weight is 1120 g/mol. The number of anilines is 1. The Balaban J connectivity index is 1.10. The number of amides is 5. The summed E-state index contributed by atoms with van der Waals surface area (Å²) in [5, 5.41) is 5.10. The molecule has 4 aromatic rings. The topological polar surface area (TPSA) is 187 Å². The van der Waals surface area contributed by atoms with Gasteiger partial charge in [-0.3, -0.25) is 34.2 Å². The second kappa shape index (κ2) is 24.5. The van der Waals surface area contributed by atoms with Crippen LogP contribution in [0.1, 0.15) is 102 Å². The highest BCUT2D eigenvalue weighted by atomic mass is 19.3. The number of aryl methyl sites for hydroxylation is 1. The van der Waals surface area contributed by atoms with Crippen molar-refractivity contribution < 1.29 is 47.0 Å². The zero-order valence-corrected chi connectivity index (χ0v) is 48.6. The summed E-state index contributed by atoms with van der Waals surface area (Å²) in [7, 11) is 5.34. The first-order valence-corrected chi connectivity index (χ1v) is 28.7. The minimum Gasteiger partial charge on any atom is -0.464 e. The average Bonchev–Trinajstić information content (AvgIpc) is 4.06. The zero-order chi connectivity index (χ0) is 58.1. The number of ether oxygens (including phenoxy) is 3. The van der Waals surface area contributed by atoms with Crippen molar-refractivity contribution in [2.45, 2.75) is 123 Å². The molecule has 0 unspecified atom stereocenters. The van der Waals surface area contributed by atoms with Crippen LogP contribution in [0.5, 0.6) is 0 Å². The highest BCUT2D eigenvalue weighted by Gasteiger charge is 2.44. The molecular weight excluding hydrogens is 1040 g/mol. The number of alkyl halides is 2. The van der Waals surface area contributed by atoms with Crippen LogP contribution in [0.25, 0.3) is 33.4 Å². The molecule has 3 aromatic heterocycles. The van der Waals surface area contributed by atoms with Crippen molar-refractivity contribution in [1.29, 1.82) is 0 Å². The van der Waals surface area contributed by atoms with Gasteiger partial charge in [0.25, 0.3) is 12.3 Å². The van der Waals surface area contributed by atoms with E-state index >= 15 is 8.78 Å². The van der Waals surface area contributed by atoms with Crippen LogP contribution in [-0.2, 0) is 52.8 Å². The lowest BCUT2D eigenvalue weighted by Gasteiger charge is -2.47. The number of fused-ring (bicyclic) bond motifs is 6. The number of hydrogen-bond donors (Lipinski definition) is 2. The first kappa shape index (κ1) is 59.1. The molecule has 1 aromatic carbocycles. The molecule has 9 rings (SSSR count). The van der Waals surface area contributed by atoms with E-state index in [1.165, 1.54) is 28.1 Å². The first-order chi connectivity index (χ1) is 38.6. The van der Waals surface area contributed by atoms with Gasteiger partial charge in [0.05, 0.1) is 60.4 Å². The minimum absolute atomic E-state index is 0.0289. The van der Waals surface area contributed by atoms with Gasteiger partial charge in [-0.25, -0.2) is 19.0 Å². The van der Waals surface area contributed by atoms with Gasteiger partial charge in [-0.05, 0) is 101 Å². The largest absolute Gasteiger partial charge is 0.464 e. The van der Waals surface area contributed by atoms with E-state index in [0.717, 1.165) is 65.3 Å². The van der Waals surface area contributed by atoms with Crippen LogP contribution in [0.4, 0.5) is 19.3 Å². The Kier molecular flexibility index (Phi) is 17.9. The summed E-state index contributed by atoms with van der Waals surface area (Å²) in [6.45, 7) is 21.5. The second-order valence-corrected chi connectivity index (χ2v) is 23.8. The predicted octanol–water partition coefficient (Wildman–Crippen LogP) is 6.79. The zero-order valence-electron chi connectivity index (χ0n) is 48.6. The number of pyridine rings is 2. The number of piperidine rings is 1. The molecule has 5 aliphatic rings. The molecular formula is C60H81F2N11O8. The highest BCUT2D eigenvalue weighted by molar-refractivity contribution is 5.96. The molecule has 1 spiro atoms. The number of morpholine rings is 1. The molecule has 8 heterocycles. The standard InChI is InChI=1S/C60H81F2N11O8/c1-11-50(74)71-26-27-81-60(35-71)17-20-70(21-18-60)58(78)68(9)52(37(3)4)55(75)65-48-31-41-28-40(54(61)62)30-47(64-41)39-15-16-49-43(29-39)45(33-59(6,7)36-80-57(77)46-14-13-19-73(66-46)56(48)76)53(72(49)12-2)44-32-42(34-63-51(44)38(5)79-10)69-24-22-67(8)23-25-69/h11,15-16,28-30,32,34,37-38,46,48,52,54,66H,1,12-14,17-27,31,33,35-36H2,2-10H3,(H,65,75)/t38-,46-,48-,52-/m0/s1. The first-order valence-electron chi connectivity index (χ1n) is 28.7. The van der Waals surface area contributed by atoms with Gasteiger partial charge in [0.2, 0.25) is 11.8 Å². The number of hydrogen-bond acceptors (Lipinski definition) is 13. The Labute approximate surface area is 474 Å². The minimum atomic E-state index is -2.91. The van der Waals surface area contributed by atoms with E-state index in [9.17, 15) is 24.0 Å². The molecule has 21 heteroatoms. The Bertz CT molecular complexity index is 3010. The number of urea groups is 1. The van der Waals surface area contributed by atoms with Crippen LogP contribution >= 0.6 is 0 Å². The lowest BCUT2D eigenvalue weighted by atomic mass is 9.84. The van der Waals surface area contributed by atoms with Crippen molar-refractivity contribution in [1.82, 2.24) is 49.9 Å². The molecule has 0 radical (unpaired) electrons. The Morgan fingerprint density at radius 1 is 1.00 bits per heavy atom. The lowest BCUT2D eigenvalue weighted by molar-refractivity contribution is -0.155. The smallest absolute Gasteiger partial charge is 0.324 e. The fraction of sp³-hybridized carbons (Fsp3) is 0.583. The number of piperazine rings is 1. The summed E-state index contributed by atoms with van der Waals surface area (Å²) in [4.78, 5) is 90.4. The van der Waals surface area contributed by atoms with Gasteiger partial charge in [0.15, 0.2) is 0 Å². The number of aromatic nitrogens is 3. The van der Waals surface area contributed by atoms with Crippen LogP contribution in [-0.4, -0.2) is 186 Å². The molecule has 2 N–H and O–H groups in total. The number of carbonyl (C=O) groups excluding carboxylic acids is 5. The maximum atomic E-state index is 15.2. The Hall–Kier alpha value is -6.55. The third-order valence-corrected chi connectivity index (χ3v) is 17.0. The van der Waals surface area contributed by atoms with E-state index in [-0.39, 0.29) is 48.5 Å². The number of cyclic esters (lactones) is 1. The van der Waals surface area contributed by atoms with Gasteiger partial charge in [-0.1, -0.05) is 40.3 Å². The molecule has 6 bridgehead atoms. The van der Waals surface area contributed by atoms with E-state index in [0.29, 0.717) is 77.0 Å². The van der Waals surface area contributed by atoms with Gasteiger partial charge in [0.1, 0.15) is 18.1 Å². The molecule has 0 aliphatic carbocycles. The fourth-order valence-corrected chi connectivity index (χ4v) is 12.4. The van der Waals surface area contributed by atoms with E-state index < -0.39 is 65.3 Å². The van der Waals surface area contributed by atoms with E-state index in [1.54, 1.807) is 37.8 Å². The maximum Gasteiger partial charge on any atom is 0.324 e. The van der Waals surface area contributed by atoms with Crippen LogP contribution in [0.15, 0.2) is 55.3 Å². The number of esters is 1. The molecule has 81 heavy (non-hydrogen) atoms. The van der Waals surface area contributed by atoms with Gasteiger partial charge >= 0.3 is 12.0 Å². The highest BCUT2D eigenvalue weighted by Crippen LogP contribution is 2.43. The predicted molar refractivity (Wildman–Crippen MR) is 304 cm³/mol. The van der Waals surface area contributed by atoms with Crippen molar-refractivity contribution in [2.75, 3.05) is 98.2 Å². The molecule has 4 atom stereocenters. The number of carbonyl (C=O) groups is 5. The van der Waals surface area contributed by atoms with Crippen LogP contribution < -0.4 is 15.6 Å². The molecule has 438 valence electrons. The SMILES string of the molecule is C=CC(=O)N1CCOC2(CCN(C(=O)N(C)[C@H](C(=O)N[C@H]3Cc4cc(C(F)F)cc(n4)-c4ccc5c(c4)c(c(-c4cc(N6CCN(C)CC6)cnc4[C@H](C)OC)n5CC)CC(C)(C)COC(=O)[C@@H]4CCCN(N4)C3=O)C(C)C)CC2)C1. The summed E-state index contributed by atoms with van der Waals surface area (Å²) in [5.41, 5.74) is 7.87. The van der Waals surface area contributed by atoms with E-state index in [1.807, 2.05) is 45.2 Å². The number of hydrazine groups is 1. The summed E-state index contributed by atoms with van der Waals surface area (Å²) in [6.07, 6.45) is 1.80. The number of likely N-dealkylation sites (N-methyl/N-ethyl adjacent to an activating group) is 2. The number of rotatable bonds is 11. The van der Waals surface area contributed by atoms with E-state index in [2.05, 4.69) is 51.7 Å². The van der Waals surface area contributed by atoms with Gasteiger partial charge in [-0.2, -0.15) is 0 Å². The molecule has 0 saturated carbocycles. The number of benzene rings is 1. The molecule has 4 fully saturated rings. The number of likely N-dealkylation sites (tertiary alicyclic amines) is 1. The maximum absolute atomic E-state index is 15.2. The quantitative estimate of drug-likeness (QED) is 0.118. The van der Waals surface area contributed by atoms with Crippen LogP contribution in [0.3, 0.4) is 0 Å². The molecule has 5 amide bonds.